The number of benzene rings is 1. The van der Waals surface area contributed by atoms with Crippen molar-refractivity contribution in [2.75, 3.05) is 6.61 Å². The highest BCUT2D eigenvalue weighted by Gasteiger charge is 2.20. The fourth-order valence-electron chi connectivity index (χ4n) is 1.07. The number of esters is 1. The van der Waals surface area contributed by atoms with Crippen LogP contribution in [-0.4, -0.2) is 12.6 Å². The molecule has 0 saturated carbocycles. The van der Waals surface area contributed by atoms with Crippen LogP contribution in [-0.2, 0) is 9.53 Å². The summed E-state index contributed by atoms with van der Waals surface area (Å²) < 4.78 is 30.2. The highest BCUT2D eigenvalue weighted by molar-refractivity contribution is 6.29. The van der Waals surface area contributed by atoms with Gasteiger partial charge < -0.3 is 4.74 Å². The third-order valence-corrected chi connectivity index (χ3v) is 2.10. The summed E-state index contributed by atoms with van der Waals surface area (Å²) in [7, 11) is 0. The lowest BCUT2D eigenvalue weighted by molar-refractivity contribution is -0.142. The quantitative estimate of drug-likeness (QED) is 0.594. The molecule has 1 atom stereocenters. The van der Waals surface area contributed by atoms with Gasteiger partial charge in [0, 0.05) is 6.07 Å². The van der Waals surface area contributed by atoms with Gasteiger partial charge in [-0.2, -0.15) is 0 Å². The Morgan fingerprint density at radius 1 is 1.40 bits per heavy atom. The van der Waals surface area contributed by atoms with Crippen molar-refractivity contribution in [1.82, 2.24) is 0 Å². The molecule has 1 rings (SSSR count). The average molecular weight is 235 g/mol. The van der Waals surface area contributed by atoms with E-state index in [-0.39, 0.29) is 12.2 Å². The maximum absolute atomic E-state index is 12.8. The first-order chi connectivity index (χ1) is 7.04. The van der Waals surface area contributed by atoms with Crippen LogP contribution in [0.5, 0.6) is 0 Å². The first-order valence-corrected chi connectivity index (χ1v) is 4.75. The van der Waals surface area contributed by atoms with Gasteiger partial charge in [0.2, 0.25) is 0 Å². The molecule has 0 aliphatic rings. The maximum Gasteiger partial charge on any atom is 0.328 e. The minimum absolute atomic E-state index is 0.0487. The number of ether oxygens (including phenoxy) is 1. The second-order valence-electron chi connectivity index (χ2n) is 2.82. The normalized spacial score (nSPS) is 12.3. The number of carbonyl (C=O) groups is 1. The molecule has 2 nitrogen and oxygen atoms in total. The number of hydrogen-bond acceptors (Lipinski definition) is 2. The molecule has 0 aliphatic carbocycles. The van der Waals surface area contributed by atoms with E-state index in [4.69, 9.17) is 11.6 Å². The predicted molar refractivity (Wildman–Crippen MR) is 51.6 cm³/mol. The van der Waals surface area contributed by atoms with Crippen molar-refractivity contribution in [2.24, 2.45) is 0 Å². The molecular formula is C10H9ClF2O2. The molecule has 0 aliphatic heterocycles. The Labute approximate surface area is 90.8 Å². The summed E-state index contributed by atoms with van der Waals surface area (Å²) in [5, 5.41) is -1.19. The zero-order chi connectivity index (χ0) is 11.4. The molecule has 0 aromatic heterocycles. The molecule has 1 aromatic rings. The number of hydrogen-bond donors (Lipinski definition) is 0. The van der Waals surface area contributed by atoms with E-state index in [0.29, 0.717) is 6.07 Å². The molecule has 0 N–H and O–H groups in total. The van der Waals surface area contributed by atoms with E-state index in [2.05, 4.69) is 4.74 Å². The van der Waals surface area contributed by atoms with Gasteiger partial charge in [-0.1, -0.05) is 0 Å². The molecule has 1 unspecified atom stereocenters. The van der Waals surface area contributed by atoms with Crippen LogP contribution in [0.15, 0.2) is 18.2 Å². The maximum atomic E-state index is 12.8. The van der Waals surface area contributed by atoms with Crippen molar-refractivity contribution >= 4 is 17.6 Å². The van der Waals surface area contributed by atoms with Crippen LogP contribution >= 0.6 is 11.6 Å². The van der Waals surface area contributed by atoms with E-state index < -0.39 is 23.0 Å². The zero-order valence-electron chi connectivity index (χ0n) is 7.97. The Morgan fingerprint density at radius 2 is 1.93 bits per heavy atom. The van der Waals surface area contributed by atoms with Crippen LogP contribution in [0, 0.1) is 11.6 Å². The standard InChI is InChI=1S/C10H9ClF2O2/c1-2-15-10(14)9(11)6-3-7(12)5-8(13)4-6/h3-5,9H,2H2,1H3. The summed E-state index contributed by atoms with van der Waals surface area (Å²) in [6.07, 6.45) is 0. The summed E-state index contributed by atoms with van der Waals surface area (Å²) in [5.74, 6) is -2.27. The Kier molecular flexibility index (Phi) is 4.03. The average Bonchev–Trinajstić information content (AvgIpc) is 2.15. The lowest BCUT2D eigenvalue weighted by Gasteiger charge is -2.08. The first-order valence-electron chi connectivity index (χ1n) is 4.31. The van der Waals surface area contributed by atoms with E-state index in [9.17, 15) is 13.6 Å². The van der Waals surface area contributed by atoms with Gasteiger partial charge in [-0.15, -0.1) is 11.6 Å². The van der Waals surface area contributed by atoms with Gasteiger partial charge in [-0.25, -0.2) is 8.78 Å². The van der Waals surface area contributed by atoms with Crippen LogP contribution in [0.4, 0.5) is 8.78 Å². The zero-order valence-corrected chi connectivity index (χ0v) is 8.72. The largest absolute Gasteiger partial charge is 0.465 e. The first kappa shape index (κ1) is 11.9. The molecule has 0 heterocycles. The van der Waals surface area contributed by atoms with Crippen LogP contribution in [0.25, 0.3) is 0 Å². The Balaban J connectivity index is 2.90. The van der Waals surface area contributed by atoms with Gasteiger partial charge in [0.1, 0.15) is 11.6 Å². The lowest BCUT2D eigenvalue weighted by atomic mass is 10.1. The highest BCUT2D eigenvalue weighted by Crippen LogP contribution is 2.23. The second-order valence-corrected chi connectivity index (χ2v) is 3.25. The lowest BCUT2D eigenvalue weighted by Crippen LogP contribution is -2.11. The molecule has 1 aromatic carbocycles. The molecule has 0 bridgehead atoms. The summed E-state index contributed by atoms with van der Waals surface area (Å²) in [6.45, 7) is 1.79. The SMILES string of the molecule is CCOC(=O)C(Cl)c1cc(F)cc(F)c1. The Hall–Kier alpha value is -1.16. The van der Waals surface area contributed by atoms with Gasteiger partial charge in [0.05, 0.1) is 6.61 Å². The Morgan fingerprint density at radius 3 is 2.40 bits per heavy atom. The molecule has 0 spiro atoms. The number of halogens is 3. The van der Waals surface area contributed by atoms with E-state index in [1.807, 2.05) is 0 Å². The minimum atomic E-state index is -1.19. The van der Waals surface area contributed by atoms with Crippen molar-refractivity contribution in [3.63, 3.8) is 0 Å². The molecule has 5 heteroatoms. The fraction of sp³-hybridized carbons (Fsp3) is 0.300. The smallest absolute Gasteiger partial charge is 0.328 e. The summed E-state index contributed by atoms with van der Waals surface area (Å²) in [6, 6.07) is 2.70. The van der Waals surface area contributed by atoms with Gasteiger partial charge in [0.15, 0.2) is 5.38 Å². The van der Waals surface area contributed by atoms with Crippen LogP contribution < -0.4 is 0 Å². The second kappa shape index (κ2) is 5.07. The minimum Gasteiger partial charge on any atom is -0.465 e. The number of carbonyl (C=O) groups excluding carboxylic acids is 1. The number of alkyl halides is 1. The third-order valence-electron chi connectivity index (χ3n) is 1.67. The highest BCUT2D eigenvalue weighted by atomic mass is 35.5. The van der Waals surface area contributed by atoms with Crippen molar-refractivity contribution in [3.05, 3.63) is 35.4 Å². The molecular weight excluding hydrogens is 226 g/mol. The van der Waals surface area contributed by atoms with Gasteiger partial charge >= 0.3 is 5.97 Å². The summed E-state index contributed by atoms with van der Waals surface area (Å²) in [5.41, 5.74) is 0.0487. The molecule has 0 fully saturated rings. The van der Waals surface area contributed by atoms with E-state index in [0.717, 1.165) is 12.1 Å². The van der Waals surface area contributed by atoms with Gasteiger partial charge in [-0.3, -0.25) is 4.79 Å². The number of rotatable bonds is 3. The molecule has 82 valence electrons. The van der Waals surface area contributed by atoms with Crippen molar-refractivity contribution in [3.8, 4) is 0 Å². The molecule has 0 saturated heterocycles. The van der Waals surface area contributed by atoms with Crippen LogP contribution in [0.2, 0.25) is 0 Å². The van der Waals surface area contributed by atoms with Crippen LogP contribution in [0.1, 0.15) is 17.9 Å². The predicted octanol–water partition coefficient (Wildman–Crippen LogP) is 2.81. The van der Waals surface area contributed by atoms with Crippen molar-refractivity contribution in [1.29, 1.82) is 0 Å². The van der Waals surface area contributed by atoms with E-state index in [1.165, 1.54) is 0 Å². The monoisotopic (exact) mass is 234 g/mol. The van der Waals surface area contributed by atoms with Crippen molar-refractivity contribution in [2.45, 2.75) is 12.3 Å². The van der Waals surface area contributed by atoms with E-state index in [1.54, 1.807) is 6.92 Å². The third kappa shape index (κ3) is 3.16. The summed E-state index contributed by atoms with van der Waals surface area (Å²) >= 11 is 5.67. The van der Waals surface area contributed by atoms with Gasteiger partial charge in [-0.05, 0) is 24.6 Å². The molecule has 15 heavy (non-hydrogen) atoms. The topological polar surface area (TPSA) is 26.3 Å². The fourth-order valence-corrected chi connectivity index (χ4v) is 1.26. The van der Waals surface area contributed by atoms with Crippen molar-refractivity contribution < 1.29 is 18.3 Å². The van der Waals surface area contributed by atoms with E-state index >= 15 is 0 Å². The van der Waals surface area contributed by atoms with Crippen LogP contribution in [0.3, 0.4) is 0 Å². The summed E-state index contributed by atoms with van der Waals surface area (Å²) in [4.78, 5) is 11.2. The molecule has 0 amide bonds. The van der Waals surface area contributed by atoms with Gasteiger partial charge in [0.25, 0.3) is 0 Å². The molecule has 0 radical (unpaired) electrons. The Bertz CT molecular complexity index is 348.